The Kier molecular flexibility index (Phi) is 5.93. The van der Waals surface area contributed by atoms with Crippen molar-refractivity contribution in [3.05, 3.63) is 58.6 Å². The lowest BCUT2D eigenvalue weighted by Gasteiger charge is -2.42. The fraction of sp³-hybridized carbons (Fsp3) is 0.364. The van der Waals surface area contributed by atoms with Gasteiger partial charge in [0.25, 0.3) is 0 Å². The quantitative estimate of drug-likeness (QED) is 0.654. The Morgan fingerprint density at radius 2 is 1.90 bits per heavy atom. The average molecular weight is 442 g/mol. The van der Waals surface area contributed by atoms with Gasteiger partial charge in [-0.15, -0.1) is 0 Å². The van der Waals surface area contributed by atoms with Gasteiger partial charge >= 0.3 is 0 Å². The van der Waals surface area contributed by atoms with Crippen LogP contribution < -0.4 is 26.4 Å². The van der Waals surface area contributed by atoms with Crippen LogP contribution in [0.3, 0.4) is 0 Å². The number of rotatable bonds is 5. The number of nitrogens with one attached hydrogen (secondary N) is 1. The number of hydrogen-bond acceptors (Lipinski definition) is 8. The van der Waals surface area contributed by atoms with E-state index in [-0.39, 0.29) is 11.9 Å². The minimum absolute atomic E-state index is 0.156. The molecule has 31 heavy (non-hydrogen) atoms. The zero-order chi connectivity index (χ0) is 22.0. The number of anilines is 1. The topological polar surface area (TPSA) is 104 Å². The first-order valence-corrected chi connectivity index (χ1v) is 10.6. The Morgan fingerprint density at radius 1 is 1.13 bits per heavy atom. The second-order valence-electron chi connectivity index (χ2n) is 7.88. The molecule has 0 saturated carbocycles. The van der Waals surface area contributed by atoms with Gasteiger partial charge in [-0.05, 0) is 30.7 Å². The van der Waals surface area contributed by atoms with Gasteiger partial charge in [0.15, 0.2) is 11.6 Å². The van der Waals surface area contributed by atoms with Crippen LogP contribution in [0, 0.1) is 6.92 Å². The van der Waals surface area contributed by atoms with E-state index in [4.69, 9.17) is 27.8 Å². The number of aryl methyl sites for hydroxylation is 1. The molecule has 0 aliphatic carbocycles. The van der Waals surface area contributed by atoms with E-state index in [2.05, 4.69) is 37.2 Å². The van der Waals surface area contributed by atoms with Gasteiger partial charge in [0.1, 0.15) is 5.75 Å². The molecule has 2 aromatic carbocycles. The van der Waals surface area contributed by atoms with Crippen molar-refractivity contribution in [1.82, 2.24) is 10.2 Å². The maximum absolute atomic E-state index is 6.42. The van der Waals surface area contributed by atoms with E-state index in [9.17, 15) is 0 Å². The van der Waals surface area contributed by atoms with Crippen LogP contribution in [0.25, 0.3) is 0 Å². The van der Waals surface area contributed by atoms with E-state index in [1.54, 1.807) is 7.11 Å². The van der Waals surface area contributed by atoms with E-state index in [1.807, 2.05) is 37.3 Å². The lowest BCUT2D eigenvalue weighted by atomic mass is 9.97. The summed E-state index contributed by atoms with van der Waals surface area (Å²) in [6.07, 6.45) is 0. The predicted molar refractivity (Wildman–Crippen MR) is 126 cm³/mol. The third kappa shape index (κ3) is 4.55. The van der Waals surface area contributed by atoms with Crippen molar-refractivity contribution in [2.45, 2.75) is 12.6 Å². The van der Waals surface area contributed by atoms with Crippen molar-refractivity contribution >= 4 is 29.2 Å². The van der Waals surface area contributed by atoms with Crippen molar-refractivity contribution in [2.24, 2.45) is 21.5 Å². The smallest absolute Gasteiger partial charge is 0.221 e. The number of nitrogens with two attached hydrogens (primary N) is 2. The molecule has 0 spiro atoms. The Labute approximate surface area is 187 Å². The standard InChI is InChI=1S/C22H28ClN7O/c1-15-6-7-16(12-19(15)23)22(27-20(24)26-21(25)28-22)14-29-8-10-30(11-9-29)17-4-3-5-18(13-17)31-2/h3-7,12-13H,8-11,14H2,1-2H3,(H5,24,25,26,27,28). The second kappa shape index (κ2) is 8.64. The predicted octanol–water partition coefficient (Wildman–Crippen LogP) is 1.86. The molecule has 8 nitrogen and oxygen atoms in total. The number of benzene rings is 2. The number of ether oxygens (including phenoxy) is 1. The van der Waals surface area contributed by atoms with Crippen LogP contribution in [-0.4, -0.2) is 56.7 Å². The molecule has 1 fully saturated rings. The summed E-state index contributed by atoms with van der Waals surface area (Å²) in [4.78, 5) is 13.4. The fourth-order valence-corrected chi connectivity index (χ4v) is 4.24. The van der Waals surface area contributed by atoms with Gasteiger partial charge in [-0.3, -0.25) is 4.90 Å². The highest BCUT2D eigenvalue weighted by Gasteiger charge is 2.38. The van der Waals surface area contributed by atoms with Crippen molar-refractivity contribution < 1.29 is 4.74 Å². The number of aliphatic imine (C=N–C) groups is 2. The molecule has 9 heteroatoms. The molecule has 0 bridgehead atoms. The molecule has 0 aromatic heterocycles. The van der Waals surface area contributed by atoms with Gasteiger partial charge in [-0.2, -0.15) is 4.99 Å². The van der Waals surface area contributed by atoms with Crippen molar-refractivity contribution in [3.8, 4) is 5.75 Å². The van der Waals surface area contributed by atoms with Crippen LogP contribution in [0.2, 0.25) is 5.02 Å². The molecular weight excluding hydrogens is 414 g/mol. The van der Waals surface area contributed by atoms with Gasteiger partial charge in [0, 0.05) is 55.1 Å². The minimum atomic E-state index is -0.842. The molecule has 1 unspecified atom stereocenters. The van der Waals surface area contributed by atoms with E-state index in [0.717, 1.165) is 48.7 Å². The van der Waals surface area contributed by atoms with Gasteiger partial charge < -0.3 is 26.4 Å². The first kappa shape index (κ1) is 21.3. The monoisotopic (exact) mass is 441 g/mol. The largest absolute Gasteiger partial charge is 0.497 e. The normalized spacial score (nSPS) is 21.8. The highest BCUT2D eigenvalue weighted by atomic mass is 35.5. The molecule has 2 aromatic rings. The van der Waals surface area contributed by atoms with Gasteiger partial charge in [-0.1, -0.05) is 29.8 Å². The Bertz CT molecular complexity index is 1020. The van der Waals surface area contributed by atoms with Crippen LogP contribution in [0.1, 0.15) is 11.1 Å². The minimum Gasteiger partial charge on any atom is -0.497 e. The average Bonchev–Trinajstić information content (AvgIpc) is 2.75. The zero-order valence-corrected chi connectivity index (χ0v) is 18.6. The summed E-state index contributed by atoms with van der Waals surface area (Å²) >= 11 is 6.42. The summed E-state index contributed by atoms with van der Waals surface area (Å²) in [7, 11) is 1.69. The molecular formula is C22H28ClN7O. The van der Waals surface area contributed by atoms with Crippen LogP contribution in [0.5, 0.6) is 5.75 Å². The molecule has 4 rings (SSSR count). The number of hydrogen-bond donors (Lipinski definition) is 3. The molecule has 164 valence electrons. The Hall–Kier alpha value is -2.97. The SMILES string of the molecule is COc1cccc(N2CCN(CC3(c4ccc(C)c(Cl)c4)N=C(N)N=C(N)N3)CC2)c1. The lowest BCUT2D eigenvalue weighted by Crippen LogP contribution is -2.59. The summed E-state index contributed by atoms with van der Waals surface area (Å²) in [5.41, 5.74) is 14.3. The number of methoxy groups -OCH3 is 1. The molecule has 0 radical (unpaired) electrons. The zero-order valence-electron chi connectivity index (χ0n) is 17.8. The van der Waals surface area contributed by atoms with E-state index in [1.165, 1.54) is 0 Å². The summed E-state index contributed by atoms with van der Waals surface area (Å²) < 4.78 is 5.36. The van der Waals surface area contributed by atoms with E-state index in [0.29, 0.717) is 11.6 Å². The molecule has 5 N–H and O–H groups in total. The molecule has 1 atom stereocenters. The number of nitrogens with zero attached hydrogens (tertiary/aromatic N) is 4. The lowest BCUT2D eigenvalue weighted by molar-refractivity contribution is 0.187. The van der Waals surface area contributed by atoms with Crippen molar-refractivity contribution in [2.75, 3.05) is 44.7 Å². The molecule has 2 aliphatic rings. The first-order valence-electron chi connectivity index (χ1n) is 10.2. The Balaban J connectivity index is 1.53. The maximum Gasteiger partial charge on any atom is 0.221 e. The third-order valence-electron chi connectivity index (χ3n) is 5.77. The van der Waals surface area contributed by atoms with Gasteiger partial charge in [-0.25, -0.2) is 4.99 Å². The van der Waals surface area contributed by atoms with Crippen LogP contribution in [-0.2, 0) is 5.66 Å². The van der Waals surface area contributed by atoms with Crippen molar-refractivity contribution in [3.63, 3.8) is 0 Å². The van der Waals surface area contributed by atoms with Gasteiger partial charge in [0.2, 0.25) is 5.96 Å². The summed E-state index contributed by atoms with van der Waals surface area (Å²) in [5, 5.41) is 3.94. The molecule has 1 saturated heterocycles. The van der Waals surface area contributed by atoms with E-state index < -0.39 is 5.66 Å². The van der Waals surface area contributed by atoms with Crippen LogP contribution >= 0.6 is 11.6 Å². The second-order valence-corrected chi connectivity index (χ2v) is 8.29. The number of halogens is 1. The Morgan fingerprint density at radius 3 is 2.58 bits per heavy atom. The highest BCUT2D eigenvalue weighted by molar-refractivity contribution is 6.31. The molecule has 2 heterocycles. The number of guanidine groups is 2. The number of piperazine rings is 1. The molecule has 2 aliphatic heterocycles. The van der Waals surface area contributed by atoms with E-state index >= 15 is 0 Å². The summed E-state index contributed by atoms with van der Waals surface area (Å²) in [6, 6.07) is 14.1. The van der Waals surface area contributed by atoms with Crippen LogP contribution in [0.4, 0.5) is 5.69 Å². The highest BCUT2D eigenvalue weighted by Crippen LogP contribution is 2.30. The van der Waals surface area contributed by atoms with Crippen molar-refractivity contribution in [1.29, 1.82) is 0 Å². The van der Waals surface area contributed by atoms with Crippen LogP contribution in [0.15, 0.2) is 52.4 Å². The fourth-order valence-electron chi connectivity index (χ4n) is 4.06. The maximum atomic E-state index is 6.42. The molecule has 0 amide bonds. The first-order chi connectivity index (χ1) is 14.9. The third-order valence-corrected chi connectivity index (χ3v) is 6.18. The summed E-state index contributed by atoms with van der Waals surface area (Å²) in [6.45, 7) is 6.08. The van der Waals surface area contributed by atoms with Gasteiger partial charge in [0.05, 0.1) is 7.11 Å². The summed E-state index contributed by atoms with van der Waals surface area (Å²) in [5.74, 6) is 1.27.